The molecule has 1 aromatic rings. The van der Waals surface area contributed by atoms with Gasteiger partial charge in [-0.3, -0.25) is 0 Å². The van der Waals surface area contributed by atoms with Gasteiger partial charge in [0.1, 0.15) is 0 Å². The molecular formula is C12H17BrSe3Si. The molecule has 0 nitrogen and oxygen atoms in total. The molecule has 1 rings (SSSR count). The Morgan fingerprint density at radius 1 is 1.24 bits per heavy atom. The van der Waals surface area contributed by atoms with Gasteiger partial charge in [-0.25, -0.2) is 0 Å². The molecule has 0 spiro atoms. The quantitative estimate of drug-likeness (QED) is 0.411. The van der Waals surface area contributed by atoms with Gasteiger partial charge >= 0.3 is 134 Å². The molecule has 0 aliphatic rings. The van der Waals surface area contributed by atoms with E-state index in [1.165, 1.54) is 20.2 Å². The Labute approximate surface area is 133 Å². The Morgan fingerprint density at radius 2 is 1.82 bits per heavy atom. The summed E-state index contributed by atoms with van der Waals surface area (Å²) in [5, 5.41) is 1.46. The van der Waals surface area contributed by atoms with Crippen LogP contribution in [0.1, 0.15) is 5.56 Å². The van der Waals surface area contributed by atoms with Gasteiger partial charge in [-0.15, -0.1) is 0 Å². The van der Waals surface area contributed by atoms with Gasteiger partial charge in [0.05, 0.1) is 0 Å². The summed E-state index contributed by atoms with van der Waals surface area (Å²) >= 11 is 8.24. The third-order valence-electron chi connectivity index (χ3n) is 2.15. The number of rotatable bonds is 6. The predicted octanol–water partition coefficient (Wildman–Crippen LogP) is 3.18. The first-order valence-electron chi connectivity index (χ1n) is 5.48. The van der Waals surface area contributed by atoms with Crippen LogP contribution in [0.4, 0.5) is 0 Å². The molecule has 0 aliphatic carbocycles. The van der Waals surface area contributed by atoms with E-state index in [9.17, 15) is 0 Å². The maximum absolute atomic E-state index is 3.47. The van der Waals surface area contributed by atoms with Crippen molar-refractivity contribution in [2.45, 2.75) is 31.0 Å². The van der Waals surface area contributed by atoms with Gasteiger partial charge in [0.25, 0.3) is 0 Å². The summed E-state index contributed by atoms with van der Waals surface area (Å²) in [4.78, 5) is 0. The average molecular weight is 506 g/mol. The molecule has 0 amide bonds. The van der Waals surface area contributed by atoms with Crippen molar-refractivity contribution in [3.8, 4) is 0 Å². The molecule has 94 valence electrons. The molecule has 0 bridgehead atoms. The third-order valence-corrected chi connectivity index (χ3v) is 16.2. The Hall–Kier alpha value is 1.35. The Bertz CT molecular complexity index is 370. The van der Waals surface area contributed by atoms with Crippen LogP contribution in [-0.2, 0) is 0 Å². The van der Waals surface area contributed by atoms with Crippen LogP contribution in [0.3, 0.4) is 0 Å². The standard InChI is InChI=1S/C12H17BrSe3Si/c1-17(2,3)9-8-15-16-12(14)10-4-6-11(13)7-5-10/h4-7H,8-9H2,1-3H3. The van der Waals surface area contributed by atoms with Gasteiger partial charge in [-0.1, -0.05) is 0 Å². The zero-order valence-corrected chi connectivity index (χ0v) is 18.1. The van der Waals surface area contributed by atoms with E-state index < -0.39 is 8.07 Å². The molecule has 17 heavy (non-hydrogen) atoms. The number of hydrogen-bond donors (Lipinski definition) is 0. The third kappa shape index (κ3) is 7.49. The molecule has 5 heteroatoms. The van der Waals surface area contributed by atoms with E-state index in [1.807, 2.05) is 0 Å². The number of halogens is 1. The average Bonchev–Trinajstić information content (AvgIpc) is 2.24. The molecule has 0 heterocycles. The van der Waals surface area contributed by atoms with E-state index in [0.29, 0.717) is 13.1 Å². The van der Waals surface area contributed by atoms with E-state index in [2.05, 4.69) is 75.4 Å². The summed E-state index contributed by atoms with van der Waals surface area (Å²) in [6.45, 7) is 7.40. The molecule has 0 N–H and O–H groups in total. The van der Waals surface area contributed by atoms with Gasteiger partial charge in [0.15, 0.2) is 0 Å². The van der Waals surface area contributed by atoms with E-state index in [-0.39, 0.29) is 0 Å². The van der Waals surface area contributed by atoms with Crippen LogP contribution < -0.4 is 0 Å². The molecule has 0 saturated carbocycles. The van der Waals surface area contributed by atoms with Crippen molar-refractivity contribution in [1.29, 1.82) is 0 Å². The summed E-state index contributed by atoms with van der Waals surface area (Å²) in [6, 6.07) is 10.1. The zero-order chi connectivity index (χ0) is 12.9. The Morgan fingerprint density at radius 3 is 2.35 bits per heavy atom. The summed E-state index contributed by atoms with van der Waals surface area (Å²) in [7, 11) is -0.816. The van der Waals surface area contributed by atoms with Gasteiger partial charge in [0.2, 0.25) is 0 Å². The fourth-order valence-electron chi connectivity index (χ4n) is 1.08. The summed E-state index contributed by atoms with van der Waals surface area (Å²) < 4.78 is 2.64. The van der Waals surface area contributed by atoms with Crippen LogP contribution in [0.15, 0.2) is 28.7 Å². The summed E-state index contributed by atoms with van der Waals surface area (Å²) in [5.74, 6) is 0. The second kappa shape index (κ2) is 7.82. The van der Waals surface area contributed by atoms with Crippen molar-refractivity contribution < 1.29 is 0 Å². The van der Waals surface area contributed by atoms with Gasteiger partial charge < -0.3 is 0 Å². The van der Waals surface area contributed by atoms with Crippen molar-refractivity contribution in [3.63, 3.8) is 0 Å². The van der Waals surface area contributed by atoms with Crippen molar-refractivity contribution in [2.75, 3.05) is 0 Å². The monoisotopic (exact) mass is 508 g/mol. The molecular weight excluding hydrogens is 489 g/mol. The molecule has 1 aromatic carbocycles. The number of benzene rings is 1. The van der Waals surface area contributed by atoms with E-state index in [0.717, 1.165) is 17.6 Å². The molecule has 0 aromatic heterocycles. The van der Waals surface area contributed by atoms with Gasteiger partial charge in [-0.2, -0.15) is 0 Å². The van der Waals surface area contributed by atoms with Crippen LogP contribution >= 0.6 is 15.9 Å². The fourth-order valence-corrected chi connectivity index (χ4v) is 16.2. The normalized spacial score (nSPS) is 11.5. The van der Waals surface area contributed by atoms with Crippen LogP contribution in [0.2, 0.25) is 31.0 Å². The number of hydrogen-bond acceptors (Lipinski definition) is 0. The summed E-state index contributed by atoms with van der Waals surface area (Å²) in [6.07, 6.45) is 0. The van der Waals surface area contributed by atoms with Crippen molar-refractivity contribution in [3.05, 3.63) is 34.3 Å². The second-order valence-electron chi connectivity index (χ2n) is 5.01. The molecule has 0 unspecified atom stereocenters. The first kappa shape index (κ1) is 16.4. The minimum absolute atomic E-state index is 0.681. The van der Waals surface area contributed by atoms with Crippen LogP contribution in [0.25, 0.3) is 0 Å². The van der Waals surface area contributed by atoms with Crippen molar-refractivity contribution in [2.24, 2.45) is 0 Å². The topological polar surface area (TPSA) is 0 Å². The molecule has 0 aliphatic heterocycles. The molecule has 0 fully saturated rings. The van der Waals surface area contributed by atoms with E-state index in [4.69, 9.17) is 0 Å². The Balaban J connectivity index is 2.33. The van der Waals surface area contributed by atoms with E-state index >= 15 is 0 Å². The van der Waals surface area contributed by atoms with Crippen molar-refractivity contribution >= 4 is 69.2 Å². The predicted molar refractivity (Wildman–Crippen MR) is 88.5 cm³/mol. The van der Waals surface area contributed by atoms with Crippen LogP contribution in [-0.4, -0.2) is 53.2 Å². The molecule has 0 saturated heterocycles. The summed E-state index contributed by atoms with van der Waals surface area (Å²) in [5.41, 5.74) is 1.38. The van der Waals surface area contributed by atoms with E-state index in [1.54, 1.807) is 0 Å². The first-order valence-corrected chi connectivity index (χ1v) is 17.2. The Kier molecular flexibility index (Phi) is 7.54. The molecule has 0 atom stereocenters. The van der Waals surface area contributed by atoms with Gasteiger partial charge in [0, 0.05) is 0 Å². The van der Waals surface area contributed by atoms with Crippen LogP contribution in [0.5, 0.6) is 0 Å². The SMILES string of the molecule is C[Si](C)(C)CC[Se][Se]C(=[Se])c1ccc(Br)cc1. The fraction of sp³-hybridized carbons (Fsp3) is 0.417. The maximum atomic E-state index is 3.47. The minimum atomic E-state index is -0.816. The molecule has 0 radical (unpaired) electrons. The van der Waals surface area contributed by atoms with Crippen LogP contribution in [0, 0.1) is 0 Å². The van der Waals surface area contributed by atoms with Gasteiger partial charge in [-0.05, 0) is 0 Å². The zero-order valence-electron chi connectivity index (χ0n) is 10.3. The second-order valence-corrected chi connectivity index (χ2v) is 20.7. The van der Waals surface area contributed by atoms with Crippen molar-refractivity contribution in [1.82, 2.24) is 0 Å². The first-order chi connectivity index (χ1) is 7.88.